The fourth-order valence-electron chi connectivity index (χ4n) is 1.89. The minimum absolute atomic E-state index is 0.315. The van der Waals surface area contributed by atoms with Gasteiger partial charge in [0.25, 0.3) is 0 Å². The molecule has 0 aromatic rings. The van der Waals surface area contributed by atoms with Crippen molar-refractivity contribution >= 4 is 5.97 Å². The smallest absolute Gasteiger partial charge is 0.321 e. The average Bonchev–Trinajstić information content (AvgIpc) is 2.41. The third kappa shape index (κ3) is 3.04. The van der Waals surface area contributed by atoms with Crippen molar-refractivity contribution < 1.29 is 9.90 Å². The summed E-state index contributed by atoms with van der Waals surface area (Å²) in [6, 6.07) is -0.474. The second-order valence-electron chi connectivity index (χ2n) is 3.71. The SMILES string of the molecule is C#CCC(C(=O)O)N1CCCCCC1. The van der Waals surface area contributed by atoms with E-state index >= 15 is 0 Å². The molecule has 14 heavy (non-hydrogen) atoms. The van der Waals surface area contributed by atoms with E-state index in [1.54, 1.807) is 0 Å². The monoisotopic (exact) mass is 195 g/mol. The molecular formula is C11H17NO2. The molecule has 1 rings (SSSR count). The highest BCUT2D eigenvalue weighted by atomic mass is 16.4. The van der Waals surface area contributed by atoms with Gasteiger partial charge in [-0.1, -0.05) is 12.8 Å². The Hall–Kier alpha value is -1.01. The van der Waals surface area contributed by atoms with Gasteiger partial charge in [-0.25, -0.2) is 0 Å². The number of nitrogens with zero attached hydrogens (tertiary/aromatic N) is 1. The third-order valence-corrected chi connectivity index (χ3v) is 2.68. The van der Waals surface area contributed by atoms with E-state index in [9.17, 15) is 4.79 Å². The van der Waals surface area contributed by atoms with E-state index < -0.39 is 12.0 Å². The third-order valence-electron chi connectivity index (χ3n) is 2.68. The molecule has 0 amide bonds. The highest BCUT2D eigenvalue weighted by molar-refractivity contribution is 5.73. The molecule has 1 saturated heterocycles. The van der Waals surface area contributed by atoms with Crippen molar-refractivity contribution in [3.05, 3.63) is 0 Å². The van der Waals surface area contributed by atoms with Gasteiger partial charge < -0.3 is 5.11 Å². The van der Waals surface area contributed by atoms with Crippen molar-refractivity contribution in [2.24, 2.45) is 0 Å². The molecule has 0 aliphatic carbocycles. The summed E-state index contributed by atoms with van der Waals surface area (Å²) in [6.45, 7) is 1.75. The first-order valence-corrected chi connectivity index (χ1v) is 5.16. The van der Waals surface area contributed by atoms with E-state index in [2.05, 4.69) is 5.92 Å². The van der Waals surface area contributed by atoms with Gasteiger partial charge in [-0.05, 0) is 25.9 Å². The zero-order chi connectivity index (χ0) is 10.4. The number of carboxylic acids is 1. The molecule has 1 N–H and O–H groups in total. The van der Waals surface area contributed by atoms with Gasteiger partial charge in [0.05, 0.1) is 0 Å². The van der Waals surface area contributed by atoms with Crippen molar-refractivity contribution in [1.29, 1.82) is 0 Å². The molecule has 78 valence electrons. The average molecular weight is 195 g/mol. The molecule has 3 heteroatoms. The summed E-state index contributed by atoms with van der Waals surface area (Å²) in [5.74, 6) is 1.66. The fourth-order valence-corrected chi connectivity index (χ4v) is 1.89. The van der Waals surface area contributed by atoms with E-state index in [0.717, 1.165) is 25.9 Å². The van der Waals surface area contributed by atoms with Crippen LogP contribution in [0.5, 0.6) is 0 Å². The van der Waals surface area contributed by atoms with Crippen molar-refractivity contribution in [2.75, 3.05) is 13.1 Å². The molecule has 0 aromatic carbocycles. The number of carbonyl (C=O) groups is 1. The molecular weight excluding hydrogens is 178 g/mol. The van der Waals surface area contributed by atoms with Gasteiger partial charge in [-0.15, -0.1) is 12.3 Å². The summed E-state index contributed by atoms with van der Waals surface area (Å²) in [6.07, 6.45) is 10.1. The molecule has 3 nitrogen and oxygen atoms in total. The van der Waals surface area contributed by atoms with E-state index in [1.165, 1.54) is 12.8 Å². The summed E-state index contributed by atoms with van der Waals surface area (Å²) in [7, 11) is 0. The van der Waals surface area contributed by atoms with Crippen molar-refractivity contribution in [2.45, 2.75) is 38.1 Å². The Bertz CT molecular complexity index is 224. The number of carboxylic acid groups (broad SMARTS) is 1. The lowest BCUT2D eigenvalue weighted by Gasteiger charge is -2.25. The predicted molar refractivity (Wildman–Crippen MR) is 54.9 cm³/mol. The fraction of sp³-hybridized carbons (Fsp3) is 0.727. The Kier molecular flexibility index (Phi) is 4.48. The van der Waals surface area contributed by atoms with Crippen molar-refractivity contribution in [1.82, 2.24) is 4.90 Å². The second-order valence-corrected chi connectivity index (χ2v) is 3.71. The van der Waals surface area contributed by atoms with Crippen molar-refractivity contribution in [3.8, 4) is 12.3 Å². The van der Waals surface area contributed by atoms with Gasteiger partial charge in [-0.2, -0.15) is 0 Å². The zero-order valence-corrected chi connectivity index (χ0v) is 8.41. The first-order chi connectivity index (χ1) is 6.75. The van der Waals surface area contributed by atoms with E-state index in [4.69, 9.17) is 11.5 Å². The van der Waals surface area contributed by atoms with Crippen molar-refractivity contribution in [3.63, 3.8) is 0 Å². The normalized spacial score (nSPS) is 20.8. The second kappa shape index (κ2) is 5.66. The molecule has 1 aliphatic heterocycles. The summed E-state index contributed by atoms with van der Waals surface area (Å²) in [4.78, 5) is 13.0. The first kappa shape index (κ1) is 11.1. The first-order valence-electron chi connectivity index (χ1n) is 5.16. The summed E-state index contributed by atoms with van der Waals surface area (Å²) in [5, 5.41) is 9.01. The molecule has 1 fully saturated rings. The summed E-state index contributed by atoms with van der Waals surface area (Å²) in [5.41, 5.74) is 0. The maximum atomic E-state index is 11.0. The largest absolute Gasteiger partial charge is 0.480 e. The van der Waals surface area contributed by atoms with Crippen LogP contribution in [0.15, 0.2) is 0 Å². The highest BCUT2D eigenvalue weighted by Crippen LogP contribution is 2.14. The summed E-state index contributed by atoms with van der Waals surface area (Å²) >= 11 is 0. The lowest BCUT2D eigenvalue weighted by Crippen LogP contribution is -2.41. The molecule has 1 heterocycles. The van der Waals surface area contributed by atoms with E-state index in [-0.39, 0.29) is 0 Å². The Morgan fingerprint density at radius 2 is 1.93 bits per heavy atom. The number of hydrogen-bond donors (Lipinski definition) is 1. The Labute approximate surface area is 85.1 Å². The minimum atomic E-state index is -0.787. The standard InChI is InChI=1S/C11H17NO2/c1-2-7-10(11(13)14)12-8-5-3-4-6-9-12/h1,10H,3-9H2,(H,13,14). The molecule has 0 saturated carbocycles. The highest BCUT2D eigenvalue weighted by Gasteiger charge is 2.24. The molecule has 1 aliphatic rings. The topological polar surface area (TPSA) is 40.5 Å². The van der Waals surface area contributed by atoms with Crippen LogP contribution in [0.1, 0.15) is 32.1 Å². The van der Waals surface area contributed by atoms with Crippen LogP contribution in [0.4, 0.5) is 0 Å². The number of aliphatic carboxylic acids is 1. The summed E-state index contributed by atoms with van der Waals surface area (Å²) < 4.78 is 0. The van der Waals surface area contributed by atoms with E-state index in [1.807, 2.05) is 4.90 Å². The Morgan fingerprint density at radius 3 is 2.36 bits per heavy atom. The molecule has 0 radical (unpaired) electrons. The Balaban J connectivity index is 2.56. The van der Waals surface area contributed by atoms with Gasteiger partial charge in [0.1, 0.15) is 6.04 Å². The van der Waals surface area contributed by atoms with E-state index in [0.29, 0.717) is 6.42 Å². The van der Waals surface area contributed by atoms with Gasteiger partial charge >= 0.3 is 5.97 Å². The molecule has 1 unspecified atom stereocenters. The molecule has 1 atom stereocenters. The van der Waals surface area contributed by atoms with Crippen LogP contribution in [0.2, 0.25) is 0 Å². The van der Waals surface area contributed by atoms with Gasteiger partial charge in [0.15, 0.2) is 0 Å². The number of hydrogen-bond acceptors (Lipinski definition) is 2. The predicted octanol–water partition coefficient (Wildman–Crippen LogP) is 1.34. The van der Waals surface area contributed by atoms with Crippen LogP contribution in [0.25, 0.3) is 0 Å². The maximum absolute atomic E-state index is 11.0. The molecule has 0 bridgehead atoms. The maximum Gasteiger partial charge on any atom is 0.321 e. The number of rotatable bonds is 3. The lowest BCUT2D eigenvalue weighted by molar-refractivity contribution is -0.143. The minimum Gasteiger partial charge on any atom is -0.480 e. The van der Waals surface area contributed by atoms with Crippen LogP contribution in [0.3, 0.4) is 0 Å². The van der Waals surface area contributed by atoms with Crippen LogP contribution in [0, 0.1) is 12.3 Å². The quantitative estimate of drug-likeness (QED) is 0.691. The van der Waals surface area contributed by atoms with Crippen LogP contribution < -0.4 is 0 Å². The zero-order valence-electron chi connectivity index (χ0n) is 8.41. The number of terminal acetylenes is 1. The van der Waals surface area contributed by atoms with Gasteiger partial charge in [-0.3, -0.25) is 9.69 Å². The van der Waals surface area contributed by atoms with Gasteiger partial charge in [0.2, 0.25) is 0 Å². The number of likely N-dealkylation sites (tertiary alicyclic amines) is 1. The van der Waals surface area contributed by atoms with Gasteiger partial charge in [0, 0.05) is 6.42 Å². The molecule has 0 spiro atoms. The van der Waals surface area contributed by atoms with Crippen LogP contribution >= 0.6 is 0 Å². The Morgan fingerprint density at radius 1 is 1.36 bits per heavy atom. The molecule has 0 aromatic heterocycles. The lowest BCUT2D eigenvalue weighted by atomic mass is 10.1. The van der Waals surface area contributed by atoms with Crippen LogP contribution in [-0.4, -0.2) is 35.1 Å². The van der Waals surface area contributed by atoms with Crippen LogP contribution in [-0.2, 0) is 4.79 Å².